The van der Waals surface area contributed by atoms with Crippen LogP contribution in [-0.2, 0) is 9.53 Å². The Labute approximate surface area is 180 Å². The summed E-state index contributed by atoms with van der Waals surface area (Å²) in [4.78, 5) is 17.7. The van der Waals surface area contributed by atoms with Gasteiger partial charge >= 0.3 is 5.97 Å². The first-order valence-electron chi connectivity index (χ1n) is 11.0. The van der Waals surface area contributed by atoms with E-state index in [0.717, 1.165) is 29.9 Å². The number of aryl methyl sites for hydroxylation is 1. The number of methoxy groups -OCH3 is 1. The lowest BCUT2D eigenvalue weighted by atomic mass is 9.88. The van der Waals surface area contributed by atoms with Gasteiger partial charge in [-0.1, -0.05) is 24.3 Å². The molecule has 162 valence electrons. The lowest BCUT2D eigenvalue weighted by molar-refractivity contribution is -0.139. The number of hydrogen-bond donors (Lipinski definition) is 2. The number of benzene rings is 1. The molecule has 1 aromatic carbocycles. The molecule has 1 fully saturated rings. The number of aromatic nitrogens is 1. The van der Waals surface area contributed by atoms with Crippen LogP contribution in [0.4, 0.5) is 0 Å². The minimum absolute atomic E-state index is 0.228. The van der Waals surface area contributed by atoms with E-state index in [0.29, 0.717) is 5.92 Å². The summed E-state index contributed by atoms with van der Waals surface area (Å²) in [7, 11) is 3.44. The monoisotopic (exact) mass is 409 g/mol. The molecule has 5 nitrogen and oxygen atoms in total. The largest absolute Gasteiger partial charge is 0.469 e. The molecule has 1 aromatic heterocycles. The van der Waals surface area contributed by atoms with E-state index < -0.39 is 0 Å². The van der Waals surface area contributed by atoms with Crippen LogP contribution in [0, 0.1) is 6.92 Å². The van der Waals surface area contributed by atoms with Crippen molar-refractivity contribution in [2.75, 3.05) is 40.3 Å². The maximum absolute atomic E-state index is 11.6. The molecule has 0 radical (unpaired) electrons. The van der Waals surface area contributed by atoms with Crippen molar-refractivity contribution in [3.8, 4) is 0 Å². The van der Waals surface area contributed by atoms with Crippen molar-refractivity contribution >= 4 is 22.4 Å². The Morgan fingerprint density at radius 2 is 2.10 bits per heavy atom. The molecule has 3 rings (SSSR count). The Balaban J connectivity index is 1.82. The first-order chi connectivity index (χ1) is 14.6. The highest BCUT2D eigenvalue weighted by Gasteiger charge is 2.21. The van der Waals surface area contributed by atoms with Gasteiger partial charge in [0.2, 0.25) is 0 Å². The van der Waals surface area contributed by atoms with E-state index >= 15 is 0 Å². The number of carbonyl (C=O) groups is 1. The number of nitrogens with one attached hydrogen (secondary N) is 2. The van der Waals surface area contributed by atoms with Gasteiger partial charge in [0, 0.05) is 29.7 Å². The molecule has 30 heavy (non-hydrogen) atoms. The summed E-state index contributed by atoms with van der Waals surface area (Å²) in [6.45, 7) is 8.68. The Bertz CT molecular complexity index is 918. The van der Waals surface area contributed by atoms with Crippen LogP contribution < -0.4 is 5.32 Å². The SMILES string of the molecule is C/C=C\C(=C/CC(=O)OC)c1[nH]c2ccc(C3CCN(CCNC)CC3)cc2c1C. The Kier molecular flexibility index (Phi) is 7.88. The van der Waals surface area contributed by atoms with E-state index in [1.165, 1.54) is 49.6 Å². The van der Waals surface area contributed by atoms with Crippen molar-refractivity contribution in [2.45, 2.75) is 39.0 Å². The maximum atomic E-state index is 11.6. The number of H-pyrrole nitrogens is 1. The zero-order valence-electron chi connectivity index (χ0n) is 18.8. The number of carbonyl (C=O) groups excluding carboxylic acids is 1. The van der Waals surface area contributed by atoms with Crippen molar-refractivity contribution in [1.29, 1.82) is 0 Å². The molecule has 1 aliphatic heterocycles. The van der Waals surface area contributed by atoms with Gasteiger partial charge in [-0.2, -0.15) is 0 Å². The first-order valence-corrected chi connectivity index (χ1v) is 11.0. The topological polar surface area (TPSA) is 57.4 Å². The number of esters is 1. The fourth-order valence-electron chi connectivity index (χ4n) is 4.36. The number of rotatable bonds is 8. The Morgan fingerprint density at radius 1 is 1.33 bits per heavy atom. The smallest absolute Gasteiger partial charge is 0.309 e. The van der Waals surface area contributed by atoms with Crippen LogP contribution in [0.5, 0.6) is 0 Å². The van der Waals surface area contributed by atoms with Gasteiger partial charge in [-0.25, -0.2) is 0 Å². The second-order valence-electron chi connectivity index (χ2n) is 8.09. The predicted molar refractivity (Wildman–Crippen MR) is 125 cm³/mol. The standard InChI is InChI=1S/C25H35N3O2/c1-5-6-20(8-10-24(29)30-4)25-18(2)22-17-21(7-9-23(22)27-25)19-11-14-28(15-12-19)16-13-26-3/h5-9,17,19,26-27H,10-16H2,1-4H3/b6-5-,20-8+. The summed E-state index contributed by atoms with van der Waals surface area (Å²) in [5.74, 6) is 0.400. The van der Waals surface area contributed by atoms with E-state index in [1.54, 1.807) is 0 Å². The number of likely N-dealkylation sites (N-methyl/N-ethyl adjacent to an activating group) is 1. The summed E-state index contributed by atoms with van der Waals surface area (Å²) < 4.78 is 4.79. The third-order valence-electron chi connectivity index (χ3n) is 6.17. The highest BCUT2D eigenvalue weighted by Crippen LogP contribution is 2.33. The zero-order valence-corrected chi connectivity index (χ0v) is 18.8. The molecular weight excluding hydrogens is 374 g/mol. The van der Waals surface area contributed by atoms with Gasteiger partial charge in [-0.15, -0.1) is 0 Å². The van der Waals surface area contributed by atoms with Crippen LogP contribution >= 0.6 is 0 Å². The lowest BCUT2D eigenvalue weighted by Crippen LogP contribution is -2.37. The van der Waals surface area contributed by atoms with Crippen LogP contribution in [0.25, 0.3) is 16.5 Å². The number of fused-ring (bicyclic) bond motifs is 1. The average molecular weight is 410 g/mol. The molecule has 5 heteroatoms. The molecule has 0 unspecified atom stereocenters. The first kappa shape index (κ1) is 22.3. The molecule has 0 spiro atoms. The number of ether oxygens (including phenoxy) is 1. The normalized spacial score (nSPS) is 16.6. The molecular formula is C25H35N3O2. The number of allylic oxidation sites excluding steroid dienone is 3. The Hall–Kier alpha value is -2.37. The number of piperidine rings is 1. The molecule has 0 saturated carbocycles. The van der Waals surface area contributed by atoms with E-state index in [9.17, 15) is 4.79 Å². The predicted octanol–water partition coefficient (Wildman–Crippen LogP) is 4.40. The van der Waals surface area contributed by atoms with Gasteiger partial charge in [0.15, 0.2) is 0 Å². The number of hydrogen-bond acceptors (Lipinski definition) is 4. The van der Waals surface area contributed by atoms with Crippen molar-refractivity contribution in [2.24, 2.45) is 0 Å². The summed E-state index contributed by atoms with van der Waals surface area (Å²) in [5.41, 5.74) is 5.91. The molecule has 2 heterocycles. The minimum Gasteiger partial charge on any atom is -0.469 e. The van der Waals surface area contributed by atoms with Gasteiger partial charge in [0.25, 0.3) is 0 Å². The van der Waals surface area contributed by atoms with Crippen LogP contribution in [0.3, 0.4) is 0 Å². The third-order valence-corrected chi connectivity index (χ3v) is 6.17. The molecule has 2 N–H and O–H groups in total. The van der Waals surface area contributed by atoms with Gasteiger partial charge in [0.05, 0.1) is 13.5 Å². The van der Waals surface area contributed by atoms with Crippen LogP contribution in [0.15, 0.2) is 36.4 Å². The fraction of sp³-hybridized carbons (Fsp3) is 0.480. The number of nitrogens with zero attached hydrogens (tertiary/aromatic N) is 1. The molecule has 1 aliphatic rings. The second-order valence-corrected chi connectivity index (χ2v) is 8.09. The van der Waals surface area contributed by atoms with Crippen LogP contribution in [0.1, 0.15) is 48.9 Å². The quantitative estimate of drug-likeness (QED) is 0.501. The molecule has 0 amide bonds. The van der Waals surface area contributed by atoms with Crippen LogP contribution in [0.2, 0.25) is 0 Å². The van der Waals surface area contributed by atoms with Crippen molar-refractivity contribution in [1.82, 2.24) is 15.2 Å². The summed E-state index contributed by atoms with van der Waals surface area (Å²) in [6, 6.07) is 6.86. The van der Waals surface area contributed by atoms with E-state index in [1.807, 2.05) is 32.2 Å². The van der Waals surface area contributed by atoms with Gasteiger partial charge in [-0.3, -0.25) is 4.79 Å². The third kappa shape index (κ3) is 5.21. The average Bonchev–Trinajstić information content (AvgIpc) is 3.11. The molecule has 1 saturated heterocycles. The molecule has 0 atom stereocenters. The van der Waals surface area contributed by atoms with Gasteiger partial charge < -0.3 is 19.9 Å². The summed E-state index contributed by atoms with van der Waals surface area (Å²) >= 11 is 0. The fourth-order valence-corrected chi connectivity index (χ4v) is 4.36. The zero-order chi connectivity index (χ0) is 21.5. The van der Waals surface area contributed by atoms with Crippen molar-refractivity contribution in [3.05, 3.63) is 53.2 Å². The number of aromatic amines is 1. The van der Waals surface area contributed by atoms with Crippen molar-refractivity contribution in [3.63, 3.8) is 0 Å². The second kappa shape index (κ2) is 10.6. The molecule has 2 aromatic rings. The lowest BCUT2D eigenvalue weighted by Gasteiger charge is -2.32. The van der Waals surface area contributed by atoms with Gasteiger partial charge in [0.1, 0.15) is 0 Å². The number of likely N-dealkylation sites (tertiary alicyclic amines) is 1. The summed E-state index contributed by atoms with van der Waals surface area (Å²) in [5, 5.41) is 4.51. The summed E-state index contributed by atoms with van der Waals surface area (Å²) in [6.07, 6.45) is 8.68. The van der Waals surface area contributed by atoms with E-state index in [4.69, 9.17) is 4.74 Å². The highest BCUT2D eigenvalue weighted by atomic mass is 16.5. The maximum Gasteiger partial charge on any atom is 0.309 e. The van der Waals surface area contributed by atoms with E-state index in [-0.39, 0.29) is 12.4 Å². The van der Waals surface area contributed by atoms with Crippen molar-refractivity contribution < 1.29 is 9.53 Å². The Morgan fingerprint density at radius 3 is 2.77 bits per heavy atom. The molecule has 0 bridgehead atoms. The minimum atomic E-state index is -0.228. The van der Waals surface area contributed by atoms with E-state index in [2.05, 4.69) is 40.3 Å². The van der Waals surface area contributed by atoms with Crippen LogP contribution in [-0.4, -0.2) is 56.2 Å². The van der Waals surface area contributed by atoms with Gasteiger partial charge in [-0.05, 0) is 81.6 Å². The molecule has 0 aliphatic carbocycles. The highest BCUT2D eigenvalue weighted by molar-refractivity contribution is 5.91.